The van der Waals surface area contributed by atoms with Gasteiger partial charge in [0.05, 0.1) is 7.11 Å². The predicted octanol–water partition coefficient (Wildman–Crippen LogP) is 1.97. The average molecular weight is 127 g/mol. The lowest BCUT2D eigenvalue weighted by molar-refractivity contribution is 0.422. The highest BCUT2D eigenvalue weighted by molar-refractivity contribution is 5.48. The minimum absolute atomic E-state index is 0.874. The molecule has 0 atom stereocenters. The highest BCUT2D eigenvalue weighted by Gasteiger charge is 1.84. The molecule has 0 aliphatic heterocycles. The molecule has 0 bridgehead atoms. The highest BCUT2D eigenvalue weighted by Crippen LogP contribution is 2.00. The molecule has 2 nitrogen and oxygen atoms in total. The molecular weight excluding hydrogens is 114 g/mol. The van der Waals surface area contributed by atoms with Crippen molar-refractivity contribution in [1.29, 1.82) is 0 Å². The maximum Gasteiger partial charge on any atom is 0.173 e. The Morgan fingerprint density at radius 3 is 2.89 bits per heavy atom. The SMILES string of the molecule is C=C(CCC)N=COC. The summed E-state index contributed by atoms with van der Waals surface area (Å²) in [7, 11) is 1.57. The van der Waals surface area contributed by atoms with E-state index in [1.807, 2.05) is 0 Å². The molecule has 2 heteroatoms. The summed E-state index contributed by atoms with van der Waals surface area (Å²) in [4.78, 5) is 3.89. The summed E-state index contributed by atoms with van der Waals surface area (Å²) in [5.74, 6) is 0. The van der Waals surface area contributed by atoms with E-state index in [2.05, 4.69) is 23.2 Å². The third kappa shape index (κ3) is 5.07. The van der Waals surface area contributed by atoms with Crippen LogP contribution in [0.3, 0.4) is 0 Å². The zero-order chi connectivity index (χ0) is 7.11. The van der Waals surface area contributed by atoms with E-state index in [9.17, 15) is 0 Å². The van der Waals surface area contributed by atoms with Crippen molar-refractivity contribution < 1.29 is 4.74 Å². The van der Waals surface area contributed by atoms with Crippen LogP contribution in [0.5, 0.6) is 0 Å². The molecule has 0 aromatic heterocycles. The van der Waals surface area contributed by atoms with Gasteiger partial charge in [-0.25, -0.2) is 4.99 Å². The van der Waals surface area contributed by atoms with Gasteiger partial charge in [0.1, 0.15) is 0 Å². The Labute approximate surface area is 56.2 Å². The normalized spacial score (nSPS) is 10.0. The van der Waals surface area contributed by atoms with Gasteiger partial charge in [0.2, 0.25) is 0 Å². The van der Waals surface area contributed by atoms with Crippen LogP contribution in [0, 0.1) is 0 Å². The maximum atomic E-state index is 4.61. The Hall–Kier alpha value is -0.790. The van der Waals surface area contributed by atoms with Gasteiger partial charge in [-0.3, -0.25) is 0 Å². The molecule has 0 aliphatic carbocycles. The first-order valence-corrected chi connectivity index (χ1v) is 3.04. The number of hydrogen-bond donors (Lipinski definition) is 0. The number of hydrogen-bond acceptors (Lipinski definition) is 2. The molecule has 0 aromatic rings. The smallest absolute Gasteiger partial charge is 0.173 e. The fourth-order valence-corrected chi connectivity index (χ4v) is 0.480. The molecule has 0 N–H and O–H groups in total. The van der Waals surface area contributed by atoms with Gasteiger partial charge in [0, 0.05) is 5.70 Å². The molecule has 0 rings (SSSR count). The summed E-state index contributed by atoms with van der Waals surface area (Å²) < 4.78 is 4.61. The first-order valence-electron chi connectivity index (χ1n) is 3.04. The molecule has 0 heterocycles. The Bertz CT molecular complexity index is 107. The van der Waals surface area contributed by atoms with Crippen molar-refractivity contribution in [3.05, 3.63) is 12.3 Å². The second-order valence-corrected chi connectivity index (χ2v) is 1.79. The molecular formula is C7H13NO. The van der Waals surface area contributed by atoms with Crippen LogP contribution in [0.2, 0.25) is 0 Å². The van der Waals surface area contributed by atoms with Gasteiger partial charge in [0.25, 0.3) is 0 Å². The van der Waals surface area contributed by atoms with E-state index >= 15 is 0 Å². The topological polar surface area (TPSA) is 21.6 Å². The van der Waals surface area contributed by atoms with Crippen LogP contribution in [-0.4, -0.2) is 13.5 Å². The molecule has 0 aliphatic rings. The third-order valence-electron chi connectivity index (χ3n) is 0.879. The summed E-state index contributed by atoms with van der Waals surface area (Å²) >= 11 is 0. The molecule has 0 unspecified atom stereocenters. The van der Waals surface area contributed by atoms with Crippen molar-refractivity contribution in [2.45, 2.75) is 19.8 Å². The Morgan fingerprint density at radius 1 is 1.78 bits per heavy atom. The number of rotatable bonds is 4. The fraction of sp³-hybridized carbons (Fsp3) is 0.571. The van der Waals surface area contributed by atoms with Crippen LogP contribution >= 0.6 is 0 Å². The second kappa shape index (κ2) is 5.35. The number of ether oxygens (including phenoxy) is 1. The van der Waals surface area contributed by atoms with Crippen LogP contribution in [0.15, 0.2) is 17.3 Å². The van der Waals surface area contributed by atoms with E-state index in [4.69, 9.17) is 0 Å². The van der Waals surface area contributed by atoms with E-state index in [1.54, 1.807) is 7.11 Å². The van der Waals surface area contributed by atoms with Crippen LogP contribution in [0.4, 0.5) is 0 Å². The average Bonchev–Trinajstić information content (AvgIpc) is 1.85. The quantitative estimate of drug-likeness (QED) is 0.418. The van der Waals surface area contributed by atoms with Gasteiger partial charge in [-0.1, -0.05) is 19.9 Å². The van der Waals surface area contributed by atoms with Crippen molar-refractivity contribution in [3.63, 3.8) is 0 Å². The summed E-state index contributed by atoms with van der Waals surface area (Å²) in [5, 5.41) is 0. The molecule has 52 valence electrons. The van der Waals surface area contributed by atoms with Crippen LogP contribution in [0.1, 0.15) is 19.8 Å². The van der Waals surface area contributed by atoms with Crippen LogP contribution in [0.25, 0.3) is 0 Å². The lowest BCUT2D eigenvalue weighted by Crippen LogP contribution is -1.79. The zero-order valence-electron chi connectivity index (χ0n) is 6.05. The largest absolute Gasteiger partial charge is 0.486 e. The molecule has 0 radical (unpaired) electrons. The molecule has 0 amide bonds. The summed E-state index contributed by atoms with van der Waals surface area (Å²) in [6.07, 6.45) is 3.43. The van der Waals surface area contributed by atoms with Gasteiger partial charge in [-0.05, 0) is 6.42 Å². The standard InChI is InChI=1S/C7H13NO/c1-4-5-7(2)8-6-9-3/h6H,2,4-5H2,1,3H3. The Morgan fingerprint density at radius 2 is 2.44 bits per heavy atom. The molecule has 0 saturated carbocycles. The lowest BCUT2D eigenvalue weighted by atomic mass is 10.3. The molecule has 0 saturated heterocycles. The van der Waals surface area contributed by atoms with Gasteiger partial charge in [0.15, 0.2) is 6.40 Å². The van der Waals surface area contributed by atoms with Crippen molar-refractivity contribution in [1.82, 2.24) is 0 Å². The minimum atomic E-state index is 0.874. The first-order chi connectivity index (χ1) is 4.31. The minimum Gasteiger partial charge on any atom is -0.486 e. The molecule has 0 fully saturated rings. The van der Waals surface area contributed by atoms with Crippen molar-refractivity contribution in [2.24, 2.45) is 4.99 Å². The number of nitrogens with zero attached hydrogens (tertiary/aromatic N) is 1. The molecule has 0 spiro atoms. The van der Waals surface area contributed by atoms with E-state index in [0.717, 1.165) is 18.5 Å². The molecule has 9 heavy (non-hydrogen) atoms. The summed E-state index contributed by atoms with van der Waals surface area (Å²) in [6.45, 7) is 5.79. The Kier molecular flexibility index (Phi) is 4.88. The lowest BCUT2D eigenvalue weighted by Gasteiger charge is -1.92. The second-order valence-electron chi connectivity index (χ2n) is 1.79. The van der Waals surface area contributed by atoms with Crippen LogP contribution in [-0.2, 0) is 4.74 Å². The van der Waals surface area contributed by atoms with E-state index in [-0.39, 0.29) is 0 Å². The fourth-order valence-electron chi connectivity index (χ4n) is 0.480. The first kappa shape index (κ1) is 8.21. The van der Waals surface area contributed by atoms with Gasteiger partial charge < -0.3 is 4.74 Å². The Balaban J connectivity index is 3.37. The van der Waals surface area contributed by atoms with Gasteiger partial charge in [-0.15, -0.1) is 0 Å². The number of allylic oxidation sites excluding steroid dienone is 1. The maximum absolute atomic E-state index is 4.61. The summed E-state index contributed by atoms with van der Waals surface area (Å²) in [6, 6.07) is 0. The van der Waals surface area contributed by atoms with E-state index in [1.165, 1.54) is 6.40 Å². The highest BCUT2D eigenvalue weighted by atomic mass is 16.5. The third-order valence-corrected chi connectivity index (χ3v) is 0.879. The number of methoxy groups -OCH3 is 1. The number of aliphatic imine (C=N–C) groups is 1. The predicted molar refractivity (Wildman–Crippen MR) is 39.5 cm³/mol. The van der Waals surface area contributed by atoms with Crippen molar-refractivity contribution in [3.8, 4) is 0 Å². The van der Waals surface area contributed by atoms with E-state index in [0.29, 0.717) is 0 Å². The zero-order valence-corrected chi connectivity index (χ0v) is 6.05. The van der Waals surface area contributed by atoms with Crippen LogP contribution < -0.4 is 0 Å². The van der Waals surface area contributed by atoms with E-state index < -0.39 is 0 Å². The van der Waals surface area contributed by atoms with Gasteiger partial charge in [-0.2, -0.15) is 0 Å². The van der Waals surface area contributed by atoms with Gasteiger partial charge >= 0.3 is 0 Å². The monoisotopic (exact) mass is 127 g/mol. The van der Waals surface area contributed by atoms with Crippen molar-refractivity contribution in [2.75, 3.05) is 7.11 Å². The van der Waals surface area contributed by atoms with Crippen molar-refractivity contribution >= 4 is 6.40 Å². The molecule has 0 aromatic carbocycles. The summed E-state index contributed by atoms with van der Waals surface area (Å²) in [5.41, 5.74) is 0.874.